The highest BCUT2D eigenvalue weighted by atomic mass is 31.2. The Balaban J connectivity index is 1.66. The molecule has 0 fully saturated rings. The summed E-state index contributed by atoms with van der Waals surface area (Å²) in [5.41, 5.74) is 5.20. The van der Waals surface area contributed by atoms with Crippen LogP contribution in [0.2, 0.25) is 0 Å². The summed E-state index contributed by atoms with van der Waals surface area (Å²) in [5, 5.41) is 0. The predicted molar refractivity (Wildman–Crippen MR) is 231 cm³/mol. The average molecular weight is 839 g/mol. The normalized spacial score (nSPS) is 13.5. The first-order valence-corrected chi connectivity index (χ1v) is 24.0. The van der Waals surface area contributed by atoms with Crippen LogP contribution in [0.25, 0.3) is 0 Å². The summed E-state index contributed by atoms with van der Waals surface area (Å²) >= 11 is 0. The lowest BCUT2D eigenvalue weighted by Gasteiger charge is -2.24. The van der Waals surface area contributed by atoms with Crippen molar-refractivity contribution in [2.24, 2.45) is 0 Å². The van der Waals surface area contributed by atoms with Gasteiger partial charge in [-0.3, -0.25) is 18.6 Å². The molecule has 0 saturated carbocycles. The zero-order chi connectivity index (χ0) is 43.0. The predicted octanol–water partition coefficient (Wildman–Crippen LogP) is 11.3. The molecule has 0 radical (unpaired) electrons. The van der Waals surface area contributed by atoms with Crippen LogP contribution in [0.1, 0.15) is 175 Å². The van der Waals surface area contributed by atoms with Gasteiger partial charge in [-0.15, -0.1) is 0 Å². The number of unbranched alkanes of at least 4 members (excludes halogenated alkanes) is 12. The standard InChI is InChI=1S/C46H80NO10P/c1-10-26-41-36(3)38(5)43(56-41)28-22-18-14-12-13-15-20-24-30-45(48)52-34-40(35-54-58(50,51)53-33-32-47(7,8)9)55-46(49)31-25-21-17-16-19-23-29-44-39(6)37(4)42(57-44)27-11-2/h40H,10-35H2,1-9H3/p+1. The number of carbonyl (C=O) groups is 2. The third-order valence-corrected chi connectivity index (χ3v) is 12.0. The van der Waals surface area contributed by atoms with Crippen molar-refractivity contribution in [3.63, 3.8) is 0 Å². The Morgan fingerprint density at radius 2 is 0.983 bits per heavy atom. The number of likely N-dealkylation sites (N-methyl/N-ethyl adjacent to an activating group) is 1. The van der Waals surface area contributed by atoms with Crippen LogP contribution in [0.4, 0.5) is 0 Å². The number of furan rings is 2. The molecule has 0 saturated heterocycles. The number of hydrogen-bond acceptors (Lipinski definition) is 9. The fraction of sp³-hybridized carbons (Fsp3) is 0.783. The number of quaternary nitrogens is 1. The molecular weight excluding hydrogens is 757 g/mol. The van der Waals surface area contributed by atoms with Crippen LogP contribution >= 0.6 is 7.82 Å². The third kappa shape index (κ3) is 21.7. The van der Waals surface area contributed by atoms with Gasteiger partial charge in [-0.1, -0.05) is 78.1 Å². The summed E-state index contributed by atoms with van der Waals surface area (Å²) in [5.74, 6) is 3.68. The Labute approximate surface area is 351 Å². The maximum Gasteiger partial charge on any atom is 0.472 e. The van der Waals surface area contributed by atoms with Crippen molar-refractivity contribution in [1.29, 1.82) is 0 Å². The molecule has 0 aliphatic rings. The van der Waals surface area contributed by atoms with Crippen LogP contribution in [0.3, 0.4) is 0 Å². The number of hydrogen-bond donors (Lipinski definition) is 1. The van der Waals surface area contributed by atoms with Gasteiger partial charge >= 0.3 is 19.8 Å². The minimum absolute atomic E-state index is 0.0178. The highest BCUT2D eigenvalue weighted by molar-refractivity contribution is 7.47. The molecule has 2 heterocycles. The molecular formula is C46H81NO10P+. The number of rotatable bonds is 34. The quantitative estimate of drug-likeness (QED) is 0.0314. The Bertz CT molecular complexity index is 1510. The molecule has 2 atom stereocenters. The van der Waals surface area contributed by atoms with Gasteiger partial charge in [0.05, 0.1) is 27.7 Å². The molecule has 0 aliphatic carbocycles. The summed E-state index contributed by atoms with van der Waals surface area (Å²) in [7, 11) is 1.43. The van der Waals surface area contributed by atoms with E-state index < -0.39 is 32.5 Å². The third-order valence-electron chi connectivity index (χ3n) is 11.0. The largest absolute Gasteiger partial charge is 0.472 e. The van der Waals surface area contributed by atoms with Gasteiger partial charge in [0.2, 0.25) is 0 Å². The molecule has 0 aliphatic heterocycles. The number of nitrogens with zero attached hydrogens (tertiary/aromatic N) is 1. The molecule has 11 nitrogen and oxygen atoms in total. The number of ether oxygens (including phenoxy) is 2. The fourth-order valence-electron chi connectivity index (χ4n) is 6.99. The first-order valence-electron chi connectivity index (χ1n) is 22.5. The number of aryl methyl sites for hydroxylation is 4. The van der Waals surface area contributed by atoms with E-state index in [0.717, 1.165) is 119 Å². The highest BCUT2D eigenvalue weighted by Gasteiger charge is 2.27. The van der Waals surface area contributed by atoms with Crippen molar-refractivity contribution >= 4 is 19.8 Å². The van der Waals surface area contributed by atoms with Gasteiger partial charge in [0.25, 0.3) is 0 Å². The van der Waals surface area contributed by atoms with E-state index in [1.54, 1.807) is 0 Å². The smallest absolute Gasteiger partial charge is 0.466 e. The average Bonchev–Trinajstić information content (AvgIpc) is 3.58. The Hall–Kier alpha value is -2.43. The van der Waals surface area contributed by atoms with Crippen molar-refractivity contribution in [3.05, 3.63) is 45.3 Å². The van der Waals surface area contributed by atoms with Crippen molar-refractivity contribution in [2.45, 2.75) is 189 Å². The second-order valence-electron chi connectivity index (χ2n) is 17.3. The lowest BCUT2D eigenvalue weighted by atomic mass is 10.0. The van der Waals surface area contributed by atoms with Crippen LogP contribution in [0.5, 0.6) is 0 Å². The molecule has 0 spiro atoms. The van der Waals surface area contributed by atoms with Crippen LogP contribution in [0, 0.1) is 27.7 Å². The SMILES string of the molecule is CCCc1oc(CCCCCCCCCCC(=O)OCC(COP(=O)(O)OCC[N+](C)(C)C)OC(=O)CCCCCCCCc2oc(CCC)c(C)c2C)c(C)c1C. The van der Waals surface area contributed by atoms with E-state index in [-0.39, 0.29) is 26.1 Å². The molecule has 0 amide bonds. The lowest BCUT2D eigenvalue weighted by Crippen LogP contribution is -2.37. The Morgan fingerprint density at radius 3 is 1.41 bits per heavy atom. The number of esters is 2. The summed E-state index contributed by atoms with van der Waals surface area (Å²) < 4.78 is 46.7. The Morgan fingerprint density at radius 1 is 0.586 bits per heavy atom. The lowest BCUT2D eigenvalue weighted by molar-refractivity contribution is -0.870. The summed E-state index contributed by atoms with van der Waals surface area (Å²) in [6.07, 6.45) is 19.9. The fourth-order valence-corrected chi connectivity index (χ4v) is 7.73. The van der Waals surface area contributed by atoms with Gasteiger partial charge in [-0.2, -0.15) is 0 Å². The van der Waals surface area contributed by atoms with Gasteiger partial charge in [-0.25, -0.2) is 4.57 Å². The minimum Gasteiger partial charge on any atom is -0.466 e. The molecule has 2 rings (SSSR count). The van der Waals surface area contributed by atoms with E-state index in [9.17, 15) is 19.0 Å². The van der Waals surface area contributed by atoms with Crippen LogP contribution in [0.15, 0.2) is 8.83 Å². The number of carbonyl (C=O) groups excluding carboxylic acids is 2. The van der Waals surface area contributed by atoms with Gasteiger partial charge in [0, 0.05) is 38.5 Å². The molecule has 58 heavy (non-hydrogen) atoms. The van der Waals surface area contributed by atoms with E-state index in [0.29, 0.717) is 23.9 Å². The van der Waals surface area contributed by atoms with E-state index >= 15 is 0 Å². The molecule has 0 bridgehead atoms. The maximum absolute atomic E-state index is 12.8. The van der Waals surface area contributed by atoms with Crippen LogP contribution in [-0.4, -0.2) is 74.9 Å². The summed E-state index contributed by atoms with van der Waals surface area (Å²) in [6, 6.07) is 0. The monoisotopic (exact) mass is 839 g/mol. The Kier molecular flexibility index (Phi) is 25.1. The second-order valence-corrected chi connectivity index (χ2v) is 18.7. The van der Waals surface area contributed by atoms with Gasteiger partial charge in [0.15, 0.2) is 6.10 Å². The van der Waals surface area contributed by atoms with Gasteiger partial charge in [-0.05, 0) is 88.5 Å². The molecule has 2 unspecified atom stereocenters. The number of phosphoric acid groups is 1. The molecule has 12 heteroatoms. The van der Waals surface area contributed by atoms with Crippen molar-refractivity contribution < 1.29 is 50.9 Å². The summed E-state index contributed by atoms with van der Waals surface area (Å²) in [6.45, 7) is 12.8. The second kappa shape index (κ2) is 28.2. The maximum atomic E-state index is 12.8. The van der Waals surface area contributed by atoms with Crippen LogP contribution in [-0.2, 0) is 58.4 Å². The first kappa shape index (κ1) is 51.7. The topological polar surface area (TPSA) is 135 Å². The zero-order valence-electron chi connectivity index (χ0n) is 38.0. The molecule has 1 N–H and O–H groups in total. The summed E-state index contributed by atoms with van der Waals surface area (Å²) in [4.78, 5) is 35.6. The first-order chi connectivity index (χ1) is 27.6. The zero-order valence-corrected chi connectivity index (χ0v) is 38.9. The molecule has 334 valence electrons. The molecule has 2 aromatic rings. The van der Waals surface area contributed by atoms with E-state index in [1.807, 2.05) is 21.1 Å². The van der Waals surface area contributed by atoms with Gasteiger partial charge < -0.3 is 27.7 Å². The van der Waals surface area contributed by atoms with Crippen molar-refractivity contribution in [1.82, 2.24) is 0 Å². The van der Waals surface area contributed by atoms with Crippen LogP contribution < -0.4 is 0 Å². The van der Waals surface area contributed by atoms with E-state index in [2.05, 4.69) is 41.5 Å². The van der Waals surface area contributed by atoms with E-state index in [4.69, 9.17) is 27.4 Å². The van der Waals surface area contributed by atoms with Gasteiger partial charge in [0.1, 0.15) is 42.8 Å². The van der Waals surface area contributed by atoms with Crippen molar-refractivity contribution in [3.8, 4) is 0 Å². The molecule has 0 aromatic carbocycles. The minimum atomic E-state index is -4.40. The molecule has 2 aromatic heterocycles. The van der Waals surface area contributed by atoms with E-state index in [1.165, 1.54) is 41.5 Å². The number of phosphoric ester groups is 1. The highest BCUT2D eigenvalue weighted by Crippen LogP contribution is 2.43. The van der Waals surface area contributed by atoms with Crippen molar-refractivity contribution in [2.75, 3.05) is 47.5 Å².